The van der Waals surface area contributed by atoms with Gasteiger partial charge in [-0.2, -0.15) is 0 Å². The smallest absolute Gasteiger partial charge is 0.339 e. The van der Waals surface area contributed by atoms with E-state index in [1.165, 1.54) is 60.1 Å². The molecule has 0 saturated heterocycles. The monoisotopic (exact) mass is 945 g/mol. The van der Waals surface area contributed by atoms with Gasteiger partial charge in [-0.25, -0.2) is 19.6 Å². The zero-order valence-corrected chi connectivity index (χ0v) is 35.2. The van der Waals surface area contributed by atoms with Gasteiger partial charge in [-0.15, -0.1) is 22.7 Å². The number of carbonyl (C=O) groups excluding carboxylic acids is 1. The molecule has 0 aliphatic carbocycles. The summed E-state index contributed by atoms with van der Waals surface area (Å²) in [7, 11) is 1.35. The molecule has 2 aromatic heterocycles. The molecule has 17 heteroatoms. The number of methoxy groups -OCH3 is 1. The van der Waals surface area contributed by atoms with Crippen molar-refractivity contribution < 1.29 is 24.4 Å². The van der Waals surface area contributed by atoms with E-state index in [2.05, 4.69) is 25.9 Å². The number of rotatable bonds is 8. The van der Waals surface area contributed by atoms with Crippen molar-refractivity contribution in [1.29, 1.82) is 0 Å². The average molecular weight is 949 g/mol. The number of halogens is 6. The molecule has 282 valence electrons. The van der Waals surface area contributed by atoms with E-state index in [-0.39, 0.29) is 27.4 Å². The zero-order chi connectivity index (χ0) is 40.3. The van der Waals surface area contributed by atoms with Crippen LogP contribution in [0.2, 0.25) is 25.1 Å². The molecule has 56 heavy (non-hydrogen) atoms. The van der Waals surface area contributed by atoms with Gasteiger partial charge in [0.15, 0.2) is 0 Å². The Kier molecular flexibility index (Phi) is 13.1. The summed E-state index contributed by atoms with van der Waals surface area (Å²) in [6.07, 6.45) is 0. The highest BCUT2D eigenvalue weighted by molar-refractivity contribution is 9.10. The van der Waals surface area contributed by atoms with Crippen molar-refractivity contribution in [3.8, 4) is 54.8 Å². The lowest BCUT2D eigenvalue weighted by molar-refractivity contribution is -0.384. The van der Waals surface area contributed by atoms with Crippen LogP contribution in [0.3, 0.4) is 0 Å². The minimum Gasteiger partial charge on any atom is -0.478 e. The van der Waals surface area contributed by atoms with E-state index in [4.69, 9.17) is 62.7 Å². The highest BCUT2D eigenvalue weighted by atomic mass is 79.9. The molecule has 9 nitrogen and oxygen atoms in total. The van der Waals surface area contributed by atoms with Gasteiger partial charge in [0.2, 0.25) is 0 Å². The van der Waals surface area contributed by atoms with Gasteiger partial charge in [-0.05, 0) is 70.5 Å². The molecule has 5 aromatic carbocycles. The summed E-state index contributed by atoms with van der Waals surface area (Å²) in [6.45, 7) is 0. The molecule has 7 aromatic rings. The van der Waals surface area contributed by atoms with E-state index in [0.717, 1.165) is 27.4 Å². The molecule has 0 radical (unpaired) electrons. The first-order valence-electron chi connectivity index (χ1n) is 15.8. The molecule has 0 aliphatic rings. The normalized spacial score (nSPS) is 10.8. The molecule has 0 atom stereocenters. The quantitative estimate of drug-likeness (QED) is 0.0905. The minimum absolute atomic E-state index is 0.0980. The van der Waals surface area contributed by atoms with Crippen LogP contribution in [0.4, 0.5) is 5.69 Å². The van der Waals surface area contributed by atoms with E-state index in [0.29, 0.717) is 46.4 Å². The van der Waals surface area contributed by atoms with Crippen LogP contribution in [0.25, 0.3) is 54.8 Å². The Bertz CT molecular complexity index is 2670. The number of nitro groups is 1. The summed E-state index contributed by atoms with van der Waals surface area (Å²) in [5, 5.41) is 28.5. The number of carbonyl (C=O) groups is 2. The third-order valence-corrected chi connectivity index (χ3v) is 12.2. The Hall–Kier alpha value is -4.37. The molecule has 0 bridgehead atoms. The van der Waals surface area contributed by atoms with Crippen LogP contribution < -0.4 is 0 Å². The summed E-state index contributed by atoms with van der Waals surface area (Å²) < 4.78 is 5.47. The SMILES string of the molecule is COC(=O)c1cc(-c2nc(-c3ccc(Cl)c(Cl)c3)cs2)ccc1Br.O=C(O)c1cc(-c2nc(-c3ccc(Cl)c(Cl)c3)cs2)ccc1-c1cc(Cl)ccc1[N+](=O)[O-]. The van der Waals surface area contributed by atoms with Gasteiger partial charge in [0.25, 0.3) is 5.69 Å². The molecular weight excluding hydrogens is 928 g/mol. The second-order valence-corrected chi connectivity index (χ2v) is 16.1. The third kappa shape index (κ3) is 9.25. The fraction of sp³-hybridized carbons (Fsp3) is 0.0256. The molecular formula is C39H21BrCl5N3O6S2. The van der Waals surface area contributed by atoms with Crippen LogP contribution in [0.1, 0.15) is 20.7 Å². The van der Waals surface area contributed by atoms with Gasteiger partial charge in [-0.1, -0.05) is 88.3 Å². The predicted octanol–water partition coefficient (Wildman–Crippen LogP) is 14.0. The van der Waals surface area contributed by atoms with Gasteiger partial charge in [0.05, 0.1) is 60.2 Å². The fourth-order valence-corrected chi connectivity index (χ4v) is 8.11. The molecule has 0 amide bonds. The summed E-state index contributed by atoms with van der Waals surface area (Å²) in [5.41, 5.74) is 4.97. The number of esters is 1. The highest BCUT2D eigenvalue weighted by Crippen LogP contribution is 2.39. The fourth-order valence-electron chi connectivity index (χ4n) is 5.29. The number of benzene rings is 5. The van der Waals surface area contributed by atoms with E-state index in [1.807, 2.05) is 29.0 Å². The topological polar surface area (TPSA) is 133 Å². The van der Waals surface area contributed by atoms with E-state index in [9.17, 15) is 24.8 Å². The maximum atomic E-state index is 12.0. The number of nitrogens with zero attached hydrogens (tertiary/aromatic N) is 3. The number of aromatic carboxylic acids is 1. The number of thiazole rings is 2. The van der Waals surface area contributed by atoms with Crippen molar-refractivity contribution in [2.45, 2.75) is 0 Å². The lowest BCUT2D eigenvalue weighted by atomic mass is 9.96. The summed E-state index contributed by atoms with van der Waals surface area (Å²) in [5.74, 6) is -1.62. The van der Waals surface area contributed by atoms with E-state index >= 15 is 0 Å². The standard InChI is InChI=1S/C22H11Cl3N2O4S.C17H10BrCl2NO2S/c23-13-3-6-20(27(30)31)15(9-13)14-4-1-12(7-16(14)22(28)29)21-26-19(10-32-21)11-2-5-17(24)18(25)8-11;1-23-17(22)11-6-10(2-4-12(11)18)16-21-15(8-24-16)9-3-5-13(19)14(20)7-9/h1-10H,(H,28,29);2-8H,1H3. The molecule has 0 aliphatic heterocycles. The number of hydrogen-bond acceptors (Lipinski definition) is 9. The lowest BCUT2D eigenvalue weighted by Gasteiger charge is -2.09. The summed E-state index contributed by atoms with van der Waals surface area (Å²) in [6, 6.07) is 24.7. The van der Waals surface area contributed by atoms with Crippen LogP contribution in [0.15, 0.2) is 106 Å². The number of nitro benzene ring substituents is 1. The lowest BCUT2D eigenvalue weighted by Crippen LogP contribution is -2.02. The van der Waals surface area contributed by atoms with Gasteiger partial charge >= 0.3 is 11.9 Å². The highest BCUT2D eigenvalue weighted by Gasteiger charge is 2.22. The predicted molar refractivity (Wildman–Crippen MR) is 229 cm³/mol. The summed E-state index contributed by atoms with van der Waals surface area (Å²) in [4.78, 5) is 43.9. The number of ether oxygens (including phenoxy) is 1. The number of hydrogen-bond donors (Lipinski definition) is 1. The van der Waals surface area contributed by atoms with Crippen LogP contribution in [0, 0.1) is 10.1 Å². The molecule has 2 heterocycles. The summed E-state index contributed by atoms with van der Waals surface area (Å²) >= 11 is 36.3. The average Bonchev–Trinajstić information content (AvgIpc) is 3.88. The Morgan fingerprint density at radius 3 is 1.70 bits per heavy atom. The maximum absolute atomic E-state index is 12.0. The Balaban J connectivity index is 0.000000198. The number of carboxylic acids is 1. The van der Waals surface area contributed by atoms with E-state index in [1.54, 1.807) is 42.5 Å². The largest absolute Gasteiger partial charge is 0.478 e. The van der Waals surface area contributed by atoms with Crippen LogP contribution in [-0.4, -0.2) is 39.0 Å². The van der Waals surface area contributed by atoms with Gasteiger partial charge < -0.3 is 9.84 Å². The van der Waals surface area contributed by atoms with E-state index < -0.39 is 16.9 Å². The van der Waals surface area contributed by atoms with Gasteiger partial charge in [0.1, 0.15) is 10.0 Å². The molecule has 0 fully saturated rings. The Labute approximate surface area is 360 Å². The van der Waals surface area contributed by atoms with Crippen LogP contribution >= 0.6 is 96.6 Å². The first-order chi connectivity index (χ1) is 26.7. The second-order valence-electron chi connectivity index (χ2n) is 11.5. The minimum atomic E-state index is -1.22. The molecule has 0 saturated carbocycles. The van der Waals surface area contributed by atoms with Crippen molar-refractivity contribution in [3.63, 3.8) is 0 Å². The van der Waals surface area contributed by atoms with Crippen molar-refractivity contribution in [2.75, 3.05) is 7.11 Å². The van der Waals surface area contributed by atoms with Crippen molar-refractivity contribution >= 4 is 114 Å². The van der Waals surface area contributed by atoms with Crippen LogP contribution in [0.5, 0.6) is 0 Å². The first-order valence-corrected chi connectivity index (χ1v) is 20.2. The first kappa shape index (κ1) is 41.3. The molecule has 0 unspecified atom stereocenters. The van der Waals surface area contributed by atoms with Crippen LogP contribution in [-0.2, 0) is 4.74 Å². The number of aromatic nitrogens is 2. The molecule has 1 N–H and O–H groups in total. The molecule has 0 spiro atoms. The van der Waals surface area contributed by atoms with Crippen molar-refractivity contribution in [2.24, 2.45) is 0 Å². The van der Waals surface area contributed by atoms with Crippen molar-refractivity contribution in [1.82, 2.24) is 9.97 Å². The zero-order valence-electron chi connectivity index (χ0n) is 28.2. The van der Waals surface area contributed by atoms with Gasteiger partial charge in [0, 0.05) is 54.1 Å². The number of carboxylic acid groups (broad SMARTS) is 1. The van der Waals surface area contributed by atoms with Crippen molar-refractivity contribution in [3.05, 3.63) is 153 Å². The maximum Gasteiger partial charge on any atom is 0.339 e. The Morgan fingerprint density at radius 2 is 1.20 bits per heavy atom. The van der Waals surface area contributed by atoms with Gasteiger partial charge in [-0.3, -0.25) is 10.1 Å². The second kappa shape index (κ2) is 17.8. The third-order valence-electron chi connectivity index (χ3n) is 8.00. The molecule has 7 rings (SSSR count). The Morgan fingerprint density at radius 1 is 0.679 bits per heavy atom.